The van der Waals surface area contributed by atoms with Gasteiger partial charge in [0.25, 0.3) is 0 Å². The first-order valence-corrected chi connectivity index (χ1v) is 11.7. The first-order valence-electron chi connectivity index (χ1n) is 10.9. The van der Waals surface area contributed by atoms with Gasteiger partial charge >= 0.3 is 11.9 Å². The Hall–Kier alpha value is -3.12. The van der Waals surface area contributed by atoms with Crippen LogP contribution in [0.3, 0.4) is 0 Å². The molecule has 0 bridgehead atoms. The normalized spacial score (nSPS) is 10.7. The second-order valence-electron chi connectivity index (χ2n) is 7.96. The molecule has 0 radical (unpaired) electrons. The number of rotatable bonds is 10. The molecule has 0 N–H and O–H groups in total. The fraction of sp³-hybridized carbons (Fsp3) is 0.259. The summed E-state index contributed by atoms with van der Waals surface area (Å²) < 4.78 is 17.4. The summed E-state index contributed by atoms with van der Waals surface area (Å²) in [6.45, 7) is 5.04. The third-order valence-corrected chi connectivity index (χ3v) is 5.37. The maximum atomic E-state index is 12.8. The summed E-state index contributed by atoms with van der Waals surface area (Å²) in [6, 6.07) is 21.4. The third-order valence-electron chi connectivity index (χ3n) is 4.88. The van der Waals surface area contributed by atoms with Crippen molar-refractivity contribution in [2.75, 3.05) is 13.2 Å². The van der Waals surface area contributed by atoms with Crippen molar-refractivity contribution in [3.05, 3.63) is 94.0 Å². The van der Waals surface area contributed by atoms with Gasteiger partial charge in [0.05, 0.1) is 18.8 Å². The van der Waals surface area contributed by atoms with Gasteiger partial charge in [-0.2, -0.15) is 0 Å². The number of ether oxygens (including phenoxy) is 3. The van der Waals surface area contributed by atoms with Crippen LogP contribution in [0.5, 0.6) is 11.5 Å². The zero-order chi connectivity index (χ0) is 23.6. The van der Waals surface area contributed by atoms with E-state index in [1.807, 2.05) is 36.4 Å². The molecule has 33 heavy (non-hydrogen) atoms. The molecular formula is C27H27BrO5. The third kappa shape index (κ3) is 7.75. The molecule has 172 valence electrons. The minimum Gasteiger partial charge on any atom is -0.493 e. The van der Waals surface area contributed by atoms with E-state index in [0.717, 1.165) is 16.5 Å². The summed E-state index contributed by atoms with van der Waals surface area (Å²) in [5, 5.41) is 0. The molecule has 6 heteroatoms. The number of hydrogen-bond donors (Lipinski definition) is 0. The van der Waals surface area contributed by atoms with Gasteiger partial charge in [0.2, 0.25) is 0 Å². The smallest absolute Gasteiger partial charge is 0.347 e. The SMILES string of the molecule is CC(C)CCOc1ccc(Br)cc1C(=O)Oc1ccc(C(=O)OCCc2ccccc2)cc1. The molecule has 0 amide bonds. The predicted molar refractivity (Wildman–Crippen MR) is 131 cm³/mol. The zero-order valence-corrected chi connectivity index (χ0v) is 20.3. The predicted octanol–water partition coefficient (Wildman–Crippen LogP) is 6.49. The highest BCUT2D eigenvalue weighted by Crippen LogP contribution is 2.26. The second kappa shape index (κ2) is 12.2. The van der Waals surface area contributed by atoms with E-state index in [4.69, 9.17) is 14.2 Å². The highest BCUT2D eigenvalue weighted by atomic mass is 79.9. The fourth-order valence-corrected chi connectivity index (χ4v) is 3.36. The molecule has 0 heterocycles. The van der Waals surface area contributed by atoms with Crippen LogP contribution in [0.4, 0.5) is 0 Å². The summed E-state index contributed by atoms with van der Waals surface area (Å²) in [6.07, 6.45) is 1.53. The van der Waals surface area contributed by atoms with Gasteiger partial charge in [0.1, 0.15) is 17.1 Å². The lowest BCUT2D eigenvalue weighted by Crippen LogP contribution is -2.12. The van der Waals surface area contributed by atoms with Gasteiger partial charge in [0.15, 0.2) is 0 Å². The maximum absolute atomic E-state index is 12.8. The van der Waals surface area contributed by atoms with Gasteiger partial charge in [-0.3, -0.25) is 0 Å². The average Bonchev–Trinajstić information content (AvgIpc) is 2.81. The first-order chi connectivity index (χ1) is 15.9. The number of benzene rings is 3. The Balaban J connectivity index is 1.57. The van der Waals surface area contributed by atoms with Gasteiger partial charge in [-0.25, -0.2) is 9.59 Å². The molecule has 0 aliphatic heterocycles. The summed E-state index contributed by atoms with van der Waals surface area (Å²) in [4.78, 5) is 25.0. The molecule has 0 unspecified atom stereocenters. The van der Waals surface area contributed by atoms with Crippen LogP contribution in [0.1, 0.15) is 46.5 Å². The Morgan fingerprint density at radius 3 is 2.30 bits per heavy atom. The van der Waals surface area contributed by atoms with E-state index in [1.54, 1.807) is 36.4 Å². The van der Waals surface area contributed by atoms with E-state index in [-0.39, 0.29) is 0 Å². The van der Waals surface area contributed by atoms with Crippen LogP contribution in [-0.4, -0.2) is 25.2 Å². The number of hydrogen-bond acceptors (Lipinski definition) is 5. The van der Waals surface area contributed by atoms with Crippen molar-refractivity contribution < 1.29 is 23.8 Å². The first kappa shape index (κ1) is 24.5. The summed E-state index contributed by atoms with van der Waals surface area (Å²) in [7, 11) is 0. The Kier molecular flexibility index (Phi) is 9.07. The maximum Gasteiger partial charge on any atom is 0.347 e. The van der Waals surface area contributed by atoms with Crippen LogP contribution < -0.4 is 9.47 Å². The van der Waals surface area contributed by atoms with Gasteiger partial charge < -0.3 is 14.2 Å². The fourth-order valence-electron chi connectivity index (χ4n) is 3.00. The van der Waals surface area contributed by atoms with Crippen LogP contribution in [-0.2, 0) is 11.2 Å². The molecule has 0 fully saturated rings. The van der Waals surface area contributed by atoms with Crippen molar-refractivity contribution in [3.8, 4) is 11.5 Å². The second-order valence-corrected chi connectivity index (χ2v) is 8.87. The van der Waals surface area contributed by atoms with Gasteiger partial charge in [-0.15, -0.1) is 0 Å². The number of esters is 2. The molecule has 0 atom stereocenters. The average molecular weight is 511 g/mol. The molecule has 3 aromatic carbocycles. The van der Waals surface area contributed by atoms with Crippen LogP contribution in [0.2, 0.25) is 0 Å². The Morgan fingerprint density at radius 2 is 1.61 bits per heavy atom. The minimum atomic E-state index is -0.533. The van der Waals surface area contributed by atoms with Crippen LogP contribution in [0.25, 0.3) is 0 Å². The largest absolute Gasteiger partial charge is 0.493 e. The highest BCUT2D eigenvalue weighted by Gasteiger charge is 2.17. The topological polar surface area (TPSA) is 61.8 Å². The molecule has 0 saturated heterocycles. The summed E-state index contributed by atoms with van der Waals surface area (Å²) >= 11 is 3.39. The van der Waals surface area contributed by atoms with E-state index in [2.05, 4.69) is 29.8 Å². The molecule has 0 aliphatic carbocycles. The van der Waals surface area contributed by atoms with Gasteiger partial charge in [0, 0.05) is 10.9 Å². The Labute approximate surface area is 202 Å². The molecule has 0 aliphatic rings. The highest BCUT2D eigenvalue weighted by molar-refractivity contribution is 9.10. The van der Waals surface area contributed by atoms with Crippen LogP contribution in [0.15, 0.2) is 77.3 Å². The van der Waals surface area contributed by atoms with E-state index in [9.17, 15) is 9.59 Å². The van der Waals surface area contributed by atoms with Crippen molar-refractivity contribution in [2.45, 2.75) is 26.7 Å². The van der Waals surface area contributed by atoms with Gasteiger partial charge in [-0.1, -0.05) is 60.1 Å². The quantitative estimate of drug-likeness (QED) is 0.230. The molecule has 3 rings (SSSR count). The monoisotopic (exact) mass is 510 g/mol. The van der Waals surface area contributed by atoms with E-state index in [0.29, 0.717) is 48.2 Å². The zero-order valence-electron chi connectivity index (χ0n) is 18.8. The lowest BCUT2D eigenvalue weighted by atomic mass is 10.1. The minimum absolute atomic E-state index is 0.294. The van der Waals surface area contributed by atoms with Gasteiger partial charge in [-0.05, 0) is 60.4 Å². The van der Waals surface area contributed by atoms with E-state index >= 15 is 0 Å². The Morgan fingerprint density at radius 1 is 0.879 bits per heavy atom. The van der Waals surface area contributed by atoms with E-state index in [1.165, 1.54) is 0 Å². The lowest BCUT2D eigenvalue weighted by molar-refractivity contribution is 0.0509. The molecule has 0 aromatic heterocycles. The molecule has 3 aromatic rings. The number of carbonyl (C=O) groups excluding carboxylic acids is 2. The van der Waals surface area contributed by atoms with Crippen LogP contribution in [0, 0.1) is 5.92 Å². The van der Waals surface area contributed by atoms with Crippen molar-refractivity contribution in [3.63, 3.8) is 0 Å². The lowest BCUT2D eigenvalue weighted by Gasteiger charge is -2.13. The molecule has 5 nitrogen and oxygen atoms in total. The summed E-state index contributed by atoms with van der Waals surface area (Å²) in [5.74, 6) is 0.349. The molecule has 0 saturated carbocycles. The van der Waals surface area contributed by atoms with Crippen molar-refractivity contribution in [1.82, 2.24) is 0 Å². The number of halogens is 1. The summed E-state index contributed by atoms with van der Waals surface area (Å²) in [5.41, 5.74) is 1.83. The van der Waals surface area contributed by atoms with Crippen molar-refractivity contribution >= 4 is 27.9 Å². The van der Waals surface area contributed by atoms with E-state index < -0.39 is 11.9 Å². The van der Waals surface area contributed by atoms with Crippen molar-refractivity contribution in [2.24, 2.45) is 5.92 Å². The van der Waals surface area contributed by atoms with Crippen molar-refractivity contribution in [1.29, 1.82) is 0 Å². The number of carbonyl (C=O) groups is 2. The Bertz CT molecular complexity index is 1060. The molecule has 0 spiro atoms. The van der Waals surface area contributed by atoms with Crippen LogP contribution >= 0.6 is 15.9 Å². The molecular weight excluding hydrogens is 484 g/mol. The standard InChI is InChI=1S/C27H27BrO5/c1-19(2)14-16-31-25-13-10-22(28)18-24(25)27(30)33-23-11-8-21(9-12-23)26(29)32-17-15-20-6-4-3-5-7-20/h3-13,18-19H,14-17H2,1-2H3.